The molecule has 0 saturated carbocycles. The molecule has 9 heterocycles. The van der Waals surface area contributed by atoms with Crippen LogP contribution in [-0.4, -0.2) is 178 Å². The van der Waals surface area contributed by atoms with Gasteiger partial charge in [-0.15, -0.1) is 0 Å². The quantitative estimate of drug-likeness (QED) is 0.0357. The lowest BCUT2D eigenvalue weighted by molar-refractivity contribution is -0.0581. The minimum atomic E-state index is -6.25. The largest absolute Gasteiger partial charge is 0.490 e. The van der Waals surface area contributed by atoms with E-state index >= 15 is 0 Å². The minimum absolute atomic E-state index is 0.182. The first-order chi connectivity index (χ1) is 34.6. The molecule has 74 heavy (non-hydrogen) atoms. The molecule has 9 rings (SSSR count). The zero-order chi connectivity index (χ0) is 53.6. The monoisotopic (exact) mass is 1130 g/mol. The number of nitrogens with zero attached hydrogens (tertiary/aromatic N) is 9. The SMILES string of the molecule is Nc1nc2c(ncn2[C@@H]2O[C@H](COP(=O)(O)O[C@H]3[C@@H](O)[C@H](n4cnc5c(=O)[nH]c(N)nc54)O[C@@H]3COP(=O)(O)OP(=O)(O)OP(=O)(O)OC[C@H]3O[C@@H](n4cnc5c(=O)[nH]c(N)nc54)[C@H](O)[C@@H]3O)[C@@H](O)[C@H]2O)c(=O)[nH]1. The van der Waals surface area contributed by atoms with Crippen molar-refractivity contribution in [1.29, 1.82) is 0 Å². The van der Waals surface area contributed by atoms with Gasteiger partial charge in [-0.05, 0) is 0 Å². The van der Waals surface area contributed by atoms with Crippen LogP contribution in [0, 0.1) is 0 Å². The number of H-pyrrole nitrogens is 3. The van der Waals surface area contributed by atoms with Crippen molar-refractivity contribution in [2.45, 2.75) is 73.6 Å². The van der Waals surface area contributed by atoms with Crippen LogP contribution in [-0.2, 0) is 59.2 Å². The molecule has 0 aromatic carbocycles. The molecule has 40 nitrogen and oxygen atoms in total. The number of hydrogen-bond donors (Lipinski definition) is 15. The van der Waals surface area contributed by atoms with E-state index < -0.39 is 147 Å². The number of aliphatic hydroxyl groups excluding tert-OH is 5. The second kappa shape index (κ2) is 19.7. The number of rotatable bonds is 18. The van der Waals surface area contributed by atoms with Crippen LogP contribution in [0.5, 0.6) is 0 Å². The third-order valence-electron chi connectivity index (χ3n) is 11.0. The molecular weight excluding hydrogens is 1090 g/mol. The highest BCUT2D eigenvalue weighted by atomic mass is 31.3. The maximum atomic E-state index is 13.5. The third-order valence-corrected chi connectivity index (χ3v) is 16.3. The molecule has 0 spiro atoms. The number of phosphoric ester groups is 3. The van der Waals surface area contributed by atoms with E-state index in [4.69, 9.17) is 45.0 Å². The molecule has 44 heteroatoms. The van der Waals surface area contributed by atoms with Crippen LogP contribution in [0.3, 0.4) is 0 Å². The highest BCUT2D eigenvalue weighted by molar-refractivity contribution is 7.66. The number of fused-ring (bicyclic) bond motifs is 3. The van der Waals surface area contributed by atoms with Crippen molar-refractivity contribution in [3.8, 4) is 0 Å². The van der Waals surface area contributed by atoms with Crippen molar-refractivity contribution in [3.05, 3.63) is 50.0 Å². The summed E-state index contributed by atoms with van der Waals surface area (Å²) in [6.45, 7) is -3.66. The fourth-order valence-electron chi connectivity index (χ4n) is 7.80. The molecule has 3 aliphatic heterocycles. The van der Waals surface area contributed by atoms with Crippen molar-refractivity contribution in [2.75, 3.05) is 37.0 Å². The van der Waals surface area contributed by atoms with Gasteiger partial charge in [-0.1, -0.05) is 0 Å². The molecule has 0 aliphatic carbocycles. The summed E-state index contributed by atoms with van der Waals surface area (Å²) in [5.74, 6) is -1.15. The Hall–Kier alpha value is -5.35. The highest BCUT2D eigenvalue weighted by Crippen LogP contribution is 2.68. The zero-order valence-corrected chi connectivity index (χ0v) is 40.0. The van der Waals surface area contributed by atoms with Crippen LogP contribution >= 0.6 is 31.3 Å². The fourth-order valence-corrected chi connectivity index (χ4v) is 12.3. The summed E-state index contributed by atoms with van der Waals surface area (Å²) in [6.07, 6.45) is -19.3. The van der Waals surface area contributed by atoms with Gasteiger partial charge in [0.05, 0.1) is 38.8 Å². The van der Waals surface area contributed by atoms with Gasteiger partial charge in [-0.3, -0.25) is 61.1 Å². The number of ether oxygens (including phenoxy) is 3. The molecule has 404 valence electrons. The summed E-state index contributed by atoms with van der Waals surface area (Å²) in [4.78, 5) is 109. The zero-order valence-electron chi connectivity index (χ0n) is 36.4. The van der Waals surface area contributed by atoms with Crippen molar-refractivity contribution in [3.63, 3.8) is 0 Å². The van der Waals surface area contributed by atoms with Gasteiger partial charge < -0.3 is 76.5 Å². The number of nitrogens with one attached hydrogen (secondary N) is 3. The fraction of sp³-hybridized carbons (Fsp3) is 0.500. The van der Waals surface area contributed by atoms with E-state index in [2.05, 4.69) is 58.0 Å². The number of hydrogen-bond acceptors (Lipinski definition) is 30. The van der Waals surface area contributed by atoms with Crippen LogP contribution < -0.4 is 33.9 Å². The molecule has 6 aromatic rings. The number of aliphatic hydroxyl groups is 5. The van der Waals surface area contributed by atoms with Gasteiger partial charge in [0, 0.05) is 0 Å². The van der Waals surface area contributed by atoms with Crippen molar-refractivity contribution in [1.82, 2.24) is 58.6 Å². The topological polar surface area (TPSA) is 602 Å². The second-order valence-corrected chi connectivity index (χ2v) is 22.0. The predicted molar refractivity (Wildman–Crippen MR) is 234 cm³/mol. The van der Waals surface area contributed by atoms with Gasteiger partial charge >= 0.3 is 31.3 Å². The summed E-state index contributed by atoms with van der Waals surface area (Å²) < 4.78 is 99.7. The van der Waals surface area contributed by atoms with Crippen LogP contribution in [0.4, 0.5) is 17.8 Å². The molecule has 6 aromatic heterocycles. The Bertz CT molecular complexity index is 3510. The van der Waals surface area contributed by atoms with E-state index in [-0.39, 0.29) is 45.4 Å². The maximum Gasteiger partial charge on any atom is 0.490 e. The van der Waals surface area contributed by atoms with Gasteiger partial charge in [-0.2, -0.15) is 23.6 Å². The first-order valence-corrected chi connectivity index (χ1v) is 26.5. The molecule has 3 fully saturated rings. The molecule has 16 atom stereocenters. The van der Waals surface area contributed by atoms with Gasteiger partial charge in [0.2, 0.25) is 17.8 Å². The number of imidazole rings is 3. The molecule has 0 radical (unpaired) electrons. The Morgan fingerprint density at radius 3 is 1.20 bits per heavy atom. The van der Waals surface area contributed by atoms with Crippen LogP contribution in [0.25, 0.3) is 33.5 Å². The third kappa shape index (κ3) is 10.6. The first-order valence-electron chi connectivity index (χ1n) is 20.5. The molecule has 4 unspecified atom stereocenters. The predicted octanol–water partition coefficient (Wildman–Crippen LogP) is -5.50. The lowest BCUT2D eigenvalue weighted by Crippen LogP contribution is -2.37. The van der Waals surface area contributed by atoms with Gasteiger partial charge in [-0.25, -0.2) is 33.2 Å². The molecule has 0 bridgehead atoms. The normalized spacial score (nSPS) is 30.7. The number of aromatic amines is 3. The van der Waals surface area contributed by atoms with E-state index in [1.165, 1.54) is 0 Å². The minimum Gasteiger partial charge on any atom is -0.387 e. The average molecular weight is 1130 g/mol. The van der Waals surface area contributed by atoms with Crippen LogP contribution in [0.15, 0.2) is 33.4 Å². The smallest absolute Gasteiger partial charge is 0.387 e. The molecule has 3 saturated heterocycles. The lowest BCUT2D eigenvalue weighted by Gasteiger charge is -2.24. The van der Waals surface area contributed by atoms with Gasteiger partial charge in [0.25, 0.3) is 16.7 Å². The molecule has 0 amide bonds. The average Bonchev–Trinajstić information content (AvgIpc) is 4.15. The van der Waals surface area contributed by atoms with Crippen LogP contribution in [0.2, 0.25) is 0 Å². The van der Waals surface area contributed by atoms with E-state index in [0.29, 0.717) is 0 Å². The van der Waals surface area contributed by atoms with Gasteiger partial charge in [0.15, 0.2) is 52.2 Å². The first kappa shape index (κ1) is 53.5. The number of nitrogens with two attached hydrogens (primary N) is 3. The summed E-state index contributed by atoms with van der Waals surface area (Å²) in [6, 6.07) is 0. The Labute approximate surface area is 405 Å². The number of aromatic nitrogens is 12. The molecular formula is C30H39N15O25P4. The van der Waals surface area contributed by atoms with E-state index in [0.717, 1.165) is 32.7 Å². The highest BCUT2D eigenvalue weighted by Gasteiger charge is 2.53. The molecule has 3 aliphatic rings. The summed E-state index contributed by atoms with van der Waals surface area (Å²) in [5.41, 5.74) is 12.9. The second-order valence-electron chi connectivity index (χ2n) is 16.0. The number of nitrogen functional groups attached to an aromatic ring is 3. The Kier molecular flexibility index (Phi) is 14.2. The number of phosphoric acid groups is 4. The van der Waals surface area contributed by atoms with Crippen molar-refractivity contribution >= 4 is 82.6 Å². The lowest BCUT2D eigenvalue weighted by atomic mass is 10.1. The van der Waals surface area contributed by atoms with Crippen molar-refractivity contribution in [2.24, 2.45) is 0 Å². The molecule has 18 N–H and O–H groups in total. The van der Waals surface area contributed by atoms with E-state index in [9.17, 15) is 77.8 Å². The van der Waals surface area contributed by atoms with Crippen molar-refractivity contribution < 1.29 is 104 Å². The van der Waals surface area contributed by atoms with Crippen LogP contribution in [0.1, 0.15) is 18.7 Å². The maximum absolute atomic E-state index is 13.5. The number of anilines is 3. The summed E-state index contributed by atoms with van der Waals surface area (Å²) in [7, 11) is -23.7. The van der Waals surface area contributed by atoms with E-state index in [1.807, 2.05) is 0 Å². The summed E-state index contributed by atoms with van der Waals surface area (Å²) >= 11 is 0. The Morgan fingerprint density at radius 1 is 0.500 bits per heavy atom. The Morgan fingerprint density at radius 2 is 0.824 bits per heavy atom. The standard InChI is InChI=1S/C30H39N15O25P4/c31-28-37-19-10(22(51)40-28)34-4-43(19)25-15(48)13(46)7(65-25)1-62-71(54,55)68-18-9(67-27(17(18)50)45-6-36-12-21(45)39-30(33)42-24(12)53)3-64-73(58,59)70-74(60,61)69-72(56,57)63-2-8-14(47)16(49)26(66-8)44-5-35-11-20(44)38-29(32)41-23(11)52/h4-9,13-18,25-27,46-50H,1-3H2,(H,54,55)(H,56,57)(H,58,59)(H,60,61)(H3,31,37,40,51)(H3,32,38,41,52)(H3,33,39,42,53)/t7-,8-,9-,13-,14-,15-,16-,17-,18-,25-,26-,27-/m1/s1. The van der Waals surface area contributed by atoms with Gasteiger partial charge in [0.1, 0.15) is 54.9 Å². The van der Waals surface area contributed by atoms with E-state index in [1.54, 1.807) is 0 Å². The summed E-state index contributed by atoms with van der Waals surface area (Å²) in [5, 5.41) is 54.3. The Balaban J connectivity index is 0.858.